The van der Waals surface area contributed by atoms with Gasteiger partial charge in [0.15, 0.2) is 11.5 Å². The van der Waals surface area contributed by atoms with E-state index >= 15 is 0 Å². The molecule has 0 bridgehead atoms. The molecule has 34 heavy (non-hydrogen) atoms. The smallest absolute Gasteiger partial charge is 0.312 e. The molecule has 0 heterocycles. The molecule has 5 N–H and O–H groups in total. The zero-order chi connectivity index (χ0) is 24.5. The summed E-state index contributed by atoms with van der Waals surface area (Å²) >= 11 is 0. The number of aliphatic hydroxyl groups excluding tert-OH is 1. The molecule has 0 unspecified atom stereocenters. The second-order valence-electron chi connectivity index (χ2n) is 9.23. The first-order valence-electron chi connectivity index (χ1n) is 12.3. The quantitative estimate of drug-likeness (QED) is 0.0961. The second-order valence-corrected chi connectivity index (χ2v) is 9.23. The largest absolute Gasteiger partial charge is 0.489 e. The van der Waals surface area contributed by atoms with Gasteiger partial charge >= 0.3 is 5.82 Å². The summed E-state index contributed by atoms with van der Waals surface area (Å²) in [6.07, 6.45) is 17.8. The monoisotopic (exact) mass is 467 g/mol. The fraction of sp³-hybridized carbons (Fsp3) is 0.481. The summed E-state index contributed by atoms with van der Waals surface area (Å²) in [7, 11) is 0. The van der Waals surface area contributed by atoms with Gasteiger partial charge in [-0.3, -0.25) is 0 Å². The Morgan fingerprint density at radius 1 is 1.24 bits per heavy atom. The Kier molecular flexibility index (Phi) is 9.33. The summed E-state index contributed by atoms with van der Waals surface area (Å²) in [6.45, 7) is 10.4. The van der Waals surface area contributed by atoms with E-state index in [1.165, 1.54) is 12.8 Å². The highest BCUT2D eigenvalue weighted by atomic mass is 16.5. The van der Waals surface area contributed by atoms with Crippen LogP contribution in [-0.2, 0) is 4.74 Å². The van der Waals surface area contributed by atoms with Crippen LogP contribution >= 0.6 is 0 Å². The third kappa shape index (κ3) is 7.48. The summed E-state index contributed by atoms with van der Waals surface area (Å²) in [4.78, 5) is 0. The summed E-state index contributed by atoms with van der Waals surface area (Å²) in [5.74, 6) is 1.44. The van der Waals surface area contributed by atoms with Gasteiger partial charge in [0.1, 0.15) is 5.71 Å². The van der Waals surface area contributed by atoms with Crippen LogP contribution in [0.2, 0.25) is 0 Å². The van der Waals surface area contributed by atoms with Crippen molar-refractivity contribution in [1.29, 1.82) is 5.41 Å². The number of ether oxygens (including phenoxy) is 1. The van der Waals surface area contributed by atoms with Gasteiger partial charge in [-0.2, -0.15) is 0 Å². The molecule has 3 aliphatic rings. The van der Waals surface area contributed by atoms with Crippen LogP contribution in [0.3, 0.4) is 0 Å². The van der Waals surface area contributed by atoms with E-state index in [2.05, 4.69) is 23.8 Å². The van der Waals surface area contributed by atoms with Gasteiger partial charge in [0.25, 0.3) is 0 Å². The maximum atomic E-state index is 10.8. The Morgan fingerprint density at radius 2 is 1.97 bits per heavy atom. The highest BCUT2D eigenvalue weighted by Crippen LogP contribution is 2.31. The van der Waals surface area contributed by atoms with Crippen LogP contribution in [0.25, 0.3) is 0 Å². The molecule has 0 atom stereocenters. The Labute approximate surface area is 203 Å². The average Bonchev–Trinajstić information content (AvgIpc) is 3.66. The minimum absolute atomic E-state index is 0.202. The third-order valence-corrected chi connectivity index (χ3v) is 6.23. The lowest BCUT2D eigenvalue weighted by molar-refractivity contribution is -0.741. The summed E-state index contributed by atoms with van der Waals surface area (Å²) in [6, 6.07) is 0.288. The van der Waals surface area contributed by atoms with E-state index in [1.807, 2.05) is 25.3 Å². The van der Waals surface area contributed by atoms with Crippen molar-refractivity contribution in [2.75, 3.05) is 6.61 Å². The number of hydrogen-bond donors (Lipinski definition) is 5. The molecule has 2 saturated carbocycles. The molecular formula is C27H39N4O3+. The van der Waals surface area contributed by atoms with Crippen LogP contribution in [0.5, 0.6) is 0 Å². The topological polar surface area (TPSA) is 101 Å². The molecule has 0 radical (unpaired) electrons. The van der Waals surface area contributed by atoms with Crippen LogP contribution in [0.1, 0.15) is 58.3 Å². The normalized spacial score (nSPS) is 24.9. The lowest BCUT2D eigenvalue weighted by Crippen LogP contribution is -2.32. The predicted octanol–water partition coefficient (Wildman–Crippen LogP) is 4.44. The minimum atomic E-state index is -0.202. The lowest BCUT2D eigenvalue weighted by atomic mass is 9.93. The van der Waals surface area contributed by atoms with E-state index < -0.39 is 0 Å². The van der Waals surface area contributed by atoms with Crippen molar-refractivity contribution >= 4 is 11.4 Å². The standard InChI is InChI=1S/C27H39N4O3/c1-4-6-8-23(7-5-2)31(33)19(3)30-26-15-21(17-29-22-11-13-24(32)14-12-22)25(28)16-27(26)34-18-20-9-10-20/h4,6,8,15-17,20,22,24,28-30,32-33H,1,3,5,7,9-14,18H2,2H3/q+1/b8-6-,21-17-,28-25?,31-23+. The fourth-order valence-electron chi connectivity index (χ4n) is 3.95. The molecule has 0 aromatic carbocycles. The van der Waals surface area contributed by atoms with Gasteiger partial charge in [-0.1, -0.05) is 25.7 Å². The Balaban J connectivity index is 1.78. The maximum Gasteiger partial charge on any atom is 0.312 e. The van der Waals surface area contributed by atoms with Gasteiger partial charge in [0.2, 0.25) is 0 Å². The highest BCUT2D eigenvalue weighted by molar-refractivity contribution is 6.10. The van der Waals surface area contributed by atoms with Crippen LogP contribution in [-0.4, -0.2) is 45.2 Å². The first-order chi connectivity index (χ1) is 16.4. The Hall–Kier alpha value is -3.06. The maximum absolute atomic E-state index is 10.8. The van der Waals surface area contributed by atoms with E-state index in [0.717, 1.165) is 36.8 Å². The van der Waals surface area contributed by atoms with Crippen molar-refractivity contribution in [3.8, 4) is 0 Å². The number of allylic oxidation sites excluding steroid dienone is 6. The average molecular weight is 468 g/mol. The van der Waals surface area contributed by atoms with Crippen molar-refractivity contribution in [1.82, 2.24) is 10.6 Å². The van der Waals surface area contributed by atoms with Crippen LogP contribution < -0.4 is 10.6 Å². The number of rotatable bonds is 12. The predicted molar refractivity (Wildman–Crippen MR) is 136 cm³/mol. The summed E-state index contributed by atoms with van der Waals surface area (Å²) in [5, 5.41) is 35.6. The van der Waals surface area contributed by atoms with E-state index in [-0.39, 0.29) is 12.1 Å². The van der Waals surface area contributed by atoms with Gasteiger partial charge in [-0.25, -0.2) is 5.32 Å². The third-order valence-electron chi connectivity index (χ3n) is 6.23. The molecule has 0 amide bonds. The van der Waals surface area contributed by atoms with Crippen molar-refractivity contribution in [3.63, 3.8) is 0 Å². The number of aliphatic hydroxyl groups is 1. The summed E-state index contributed by atoms with van der Waals surface area (Å²) < 4.78 is 7.09. The molecule has 0 aromatic heterocycles. The van der Waals surface area contributed by atoms with Gasteiger partial charge in [0, 0.05) is 30.3 Å². The van der Waals surface area contributed by atoms with Crippen molar-refractivity contribution < 1.29 is 19.8 Å². The molecular weight excluding hydrogens is 428 g/mol. The molecule has 0 aliphatic heterocycles. The van der Waals surface area contributed by atoms with E-state index in [9.17, 15) is 10.3 Å². The Morgan fingerprint density at radius 3 is 2.62 bits per heavy atom. The SMILES string of the molecule is C=C/C=C\C(CCC)=[N+](\O)C(=C)NC1=C/C(=C/NC2CCC(O)CC2)C(=N)C=C1OCC1CC1. The van der Waals surface area contributed by atoms with Crippen LogP contribution in [0, 0.1) is 11.3 Å². The van der Waals surface area contributed by atoms with Crippen molar-refractivity contribution in [2.24, 2.45) is 5.92 Å². The van der Waals surface area contributed by atoms with Gasteiger partial charge in [-0.05, 0) is 74.3 Å². The molecule has 0 aromatic rings. The van der Waals surface area contributed by atoms with Crippen LogP contribution in [0.15, 0.2) is 72.6 Å². The summed E-state index contributed by atoms with van der Waals surface area (Å²) in [5.41, 5.74) is 2.43. The number of hydroxylamine groups is 1. The Bertz CT molecular complexity index is 930. The minimum Gasteiger partial charge on any atom is -0.489 e. The van der Waals surface area contributed by atoms with E-state index in [0.29, 0.717) is 53.2 Å². The van der Waals surface area contributed by atoms with Crippen LogP contribution in [0.4, 0.5) is 0 Å². The first kappa shape index (κ1) is 25.6. The zero-order valence-corrected chi connectivity index (χ0v) is 20.2. The highest BCUT2D eigenvalue weighted by Gasteiger charge is 2.27. The molecule has 184 valence electrons. The number of hydrogen-bond acceptors (Lipinski definition) is 6. The van der Waals surface area contributed by atoms with E-state index in [1.54, 1.807) is 18.2 Å². The molecule has 0 spiro atoms. The van der Waals surface area contributed by atoms with Gasteiger partial charge in [-0.15, -0.1) is 0 Å². The van der Waals surface area contributed by atoms with Gasteiger partial charge < -0.3 is 25.8 Å². The molecule has 0 saturated heterocycles. The first-order valence-corrected chi connectivity index (χ1v) is 12.3. The van der Waals surface area contributed by atoms with Gasteiger partial charge in [0.05, 0.1) is 18.4 Å². The molecule has 7 heteroatoms. The second kappa shape index (κ2) is 12.4. The van der Waals surface area contributed by atoms with Crippen molar-refractivity contribution in [3.05, 3.63) is 72.6 Å². The molecule has 3 aliphatic carbocycles. The number of nitrogens with one attached hydrogen (secondary N) is 3. The molecule has 7 nitrogen and oxygen atoms in total. The van der Waals surface area contributed by atoms with E-state index in [4.69, 9.17) is 10.1 Å². The fourth-order valence-corrected chi connectivity index (χ4v) is 3.95. The molecule has 2 fully saturated rings. The zero-order valence-electron chi connectivity index (χ0n) is 20.2. The van der Waals surface area contributed by atoms with Crippen molar-refractivity contribution in [2.45, 2.75) is 70.4 Å². The number of nitrogens with zero attached hydrogens (tertiary/aromatic N) is 1. The molecule has 3 rings (SSSR count). The lowest BCUT2D eigenvalue weighted by Gasteiger charge is -2.26.